The van der Waals surface area contributed by atoms with E-state index < -0.39 is 0 Å². The minimum Gasteiger partial charge on any atom is -0.380 e. The molecular weight excluding hydrogens is 248 g/mol. The van der Waals surface area contributed by atoms with Crippen LogP contribution >= 0.6 is 0 Å². The summed E-state index contributed by atoms with van der Waals surface area (Å²) < 4.78 is 5.74. The molecule has 0 amide bonds. The fourth-order valence-electron chi connectivity index (χ4n) is 3.78. The molecule has 1 aliphatic carbocycles. The van der Waals surface area contributed by atoms with Gasteiger partial charge in [0, 0.05) is 37.3 Å². The van der Waals surface area contributed by atoms with Crippen molar-refractivity contribution >= 4 is 0 Å². The molecule has 1 saturated carbocycles. The molecule has 118 valence electrons. The van der Waals surface area contributed by atoms with Crippen molar-refractivity contribution < 1.29 is 4.74 Å². The van der Waals surface area contributed by atoms with Crippen molar-refractivity contribution in [1.29, 1.82) is 0 Å². The highest BCUT2D eigenvalue weighted by atomic mass is 16.5. The van der Waals surface area contributed by atoms with Gasteiger partial charge in [-0.15, -0.1) is 0 Å². The van der Waals surface area contributed by atoms with Crippen molar-refractivity contribution in [3.05, 3.63) is 0 Å². The summed E-state index contributed by atoms with van der Waals surface area (Å²) in [6, 6.07) is 0. The molecule has 2 aliphatic rings. The van der Waals surface area contributed by atoms with Crippen LogP contribution in [-0.4, -0.2) is 48.8 Å². The van der Waals surface area contributed by atoms with Gasteiger partial charge >= 0.3 is 0 Å². The molecule has 0 aromatic rings. The second kappa shape index (κ2) is 7.24. The Morgan fingerprint density at radius 2 is 1.85 bits per heavy atom. The molecule has 0 bridgehead atoms. The maximum absolute atomic E-state index is 5.74. The minimum absolute atomic E-state index is 0.304. The number of rotatable bonds is 6. The highest BCUT2D eigenvalue weighted by molar-refractivity contribution is 5.04. The number of hydrogen-bond acceptors (Lipinski definition) is 3. The predicted molar refractivity (Wildman–Crippen MR) is 85.2 cm³/mol. The van der Waals surface area contributed by atoms with Gasteiger partial charge in [-0.1, -0.05) is 33.1 Å². The van der Waals surface area contributed by atoms with E-state index in [9.17, 15) is 0 Å². The van der Waals surface area contributed by atoms with Crippen LogP contribution in [0, 0.1) is 0 Å². The summed E-state index contributed by atoms with van der Waals surface area (Å²) in [5.74, 6) is 0. The maximum atomic E-state index is 5.74. The lowest BCUT2D eigenvalue weighted by Gasteiger charge is -2.54. The number of hydrogen-bond donors (Lipinski definition) is 1. The molecule has 3 nitrogen and oxygen atoms in total. The van der Waals surface area contributed by atoms with Crippen molar-refractivity contribution in [2.24, 2.45) is 0 Å². The van der Waals surface area contributed by atoms with E-state index in [1.807, 2.05) is 0 Å². The summed E-state index contributed by atoms with van der Waals surface area (Å²) in [4.78, 5) is 2.71. The van der Waals surface area contributed by atoms with Gasteiger partial charge in [0.1, 0.15) is 0 Å². The third-order valence-corrected chi connectivity index (χ3v) is 5.53. The Morgan fingerprint density at radius 1 is 1.10 bits per heavy atom. The van der Waals surface area contributed by atoms with Crippen LogP contribution < -0.4 is 5.32 Å². The lowest BCUT2D eigenvalue weighted by Crippen LogP contribution is -2.69. The van der Waals surface area contributed by atoms with Gasteiger partial charge in [0.2, 0.25) is 0 Å². The fourth-order valence-corrected chi connectivity index (χ4v) is 3.78. The molecule has 1 saturated heterocycles. The van der Waals surface area contributed by atoms with E-state index in [0.29, 0.717) is 11.1 Å². The van der Waals surface area contributed by atoms with Crippen LogP contribution in [0.25, 0.3) is 0 Å². The second-order valence-corrected chi connectivity index (χ2v) is 7.08. The molecule has 2 rings (SSSR count). The van der Waals surface area contributed by atoms with Crippen LogP contribution in [0.2, 0.25) is 0 Å². The monoisotopic (exact) mass is 282 g/mol. The van der Waals surface area contributed by atoms with E-state index >= 15 is 0 Å². The maximum Gasteiger partial charge on any atom is 0.0593 e. The summed E-state index contributed by atoms with van der Waals surface area (Å²) in [6.45, 7) is 12.1. The van der Waals surface area contributed by atoms with Crippen LogP contribution in [0.5, 0.6) is 0 Å². The quantitative estimate of drug-likeness (QED) is 0.757. The van der Waals surface area contributed by atoms with Crippen LogP contribution in [-0.2, 0) is 4.74 Å². The molecule has 1 atom stereocenters. The molecule has 0 aromatic heterocycles. The summed E-state index contributed by atoms with van der Waals surface area (Å²) in [6.07, 6.45) is 9.28. The van der Waals surface area contributed by atoms with Crippen molar-refractivity contribution in [3.63, 3.8) is 0 Å². The Balaban J connectivity index is 1.94. The van der Waals surface area contributed by atoms with E-state index in [1.165, 1.54) is 45.1 Å². The van der Waals surface area contributed by atoms with Crippen LogP contribution in [0.4, 0.5) is 0 Å². The zero-order valence-electron chi connectivity index (χ0n) is 13.8. The normalized spacial score (nSPS) is 30.8. The van der Waals surface area contributed by atoms with Crippen LogP contribution in [0.15, 0.2) is 0 Å². The number of ether oxygens (including phenoxy) is 1. The Morgan fingerprint density at radius 3 is 2.50 bits per heavy atom. The topological polar surface area (TPSA) is 24.5 Å². The third kappa shape index (κ3) is 3.75. The summed E-state index contributed by atoms with van der Waals surface area (Å²) >= 11 is 0. The Labute approximate surface area is 125 Å². The van der Waals surface area contributed by atoms with Gasteiger partial charge in [0.15, 0.2) is 0 Å². The van der Waals surface area contributed by atoms with E-state index in [2.05, 4.69) is 31.0 Å². The first-order valence-corrected chi connectivity index (χ1v) is 8.72. The van der Waals surface area contributed by atoms with Crippen molar-refractivity contribution in [1.82, 2.24) is 10.2 Å². The van der Waals surface area contributed by atoms with Crippen molar-refractivity contribution in [3.8, 4) is 0 Å². The predicted octanol–water partition coefficient (Wildman–Crippen LogP) is 3.19. The van der Waals surface area contributed by atoms with Crippen LogP contribution in [0.3, 0.4) is 0 Å². The Kier molecular flexibility index (Phi) is 5.88. The van der Waals surface area contributed by atoms with E-state index in [1.54, 1.807) is 0 Å². The molecule has 2 fully saturated rings. The van der Waals surface area contributed by atoms with Gasteiger partial charge in [0.25, 0.3) is 0 Å². The molecule has 3 heteroatoms. The van der Waals surface area contributed by atoms with Gasteiger partial charge in [-0.2, -0.15) is 0 Å². The lowest BCUT2D eigenvalue weighted by atomic mass is 9.77. The van der Waals surface area contributed by atoms with E-state index in [4.69, 9.17) is 4.74 Å². The molecule has 1 heterocycles. The van der Waals surface area contributed by atoms with Crippen molar-refractivity contribution in [2.75, 3.05) is 32.8 Å². The molecular formula is C17H34N2O. The fraction of sp³-hybridized carbons (Fsp3) is 1.00. The second-order valence-electron chi connectivity index (χ2n) is 7.08. The summed E-state index contributed by atoms with van der Waals surface area (Å²) in [5.41, 5.74) is 0.704. The average Bonchev–Trinajstić information content (AvgIpc) is 2.48. The number of nitrogens with one attached hydrogen (secondary N) is 1. The van der Waals surface area contributed by atoms with Gasteiger partial charge in [0.05, 0.1) is 6.61 Å². The molecule has 1 N–H and O–H groups in total. The molecule has 0 aromatic carbocycles. The zero-order chi connectivity index (χ0) is 14.5. The van der Waals surface area contributed by atoms with Crippen LogP contribution in [0.1, 0.15) is 65.7 Å². The lowest BCUT2D eigenvalue weighted by molar-refractivity contribution is -0.0194. The standard InChI is InChI=1S/C17H34N2O/c1-4-12-20-13-11-19-15-17(9-7-6-8-10-17)18-14-16(19,3)5-2/h18H,4-15H2,1-3H3. The van der Waals surface area contributed by atoms with Gasteiger partial charge in [-0.05, 0) is 32.6 Å². The molecule has 0 radical (unpaired) electrons. The average molecular weight is 282 g/mol. The summed E-state index contributed by atoms with van der Waals surface area (Å²) in [5, 5.41) is 3.93. The molecule has 1 spiro atoms. The third-order valence-electron chi connectivity index (χ3n) is 5.53. The number of nitrogens with zero attached hydrogens (tertiary/aromatic N) is 1. The largest absolute Gasteiger partial charge is 0.380 e. The zero-order valence-corrected chi connectivity index (χ0v) is 13.8. The Hall–Kier alpha value is -0.120. The first-order valence-electron chi connectivity index (χ1n) is 8.72. The van der Waals surface area contributed by atoms with E-state index in [-0.39, 0.29) is 0 Å². The minimum atomic E-state index is 0.304. The van der Waals surface area contributed by atoms with E-state index in [0.717, 1.165) is 32.7 Å². The SMILES string of the molecule is CCCOCCN1CC2(CCCCC2)NCC1(C)CC. The van der Waals surface area contributed by atoms with Gasteiger partial charge in [-0.25, -0.2) is 0 Å². The first kappa shape index (κ1) is 16.3. The van der Waals surface area contributed by atoms with Gasteiger partial charge < -0.3 is 10.1 Å². The number of piperazine rings is 1. The summed E-state index contributed by atoms with van der Waals surface area (Å²) in [7, 11) is 0. The van der Waals surface area contributed by atoms with Gasteiger partial charge in [-0.3, -0.25) is 4.90 Å². The first-order chi connectivity index (χ1) is 9.64. The molecule has 1 unspecified atom stereocenters. The Bertz CT molecular complexity index is 289. The van der Waals surface area contributed by atoms with Crippen molar-refractivity contribution in [2.45, 2.75) is 76.8 Å². The smallest absolute Gasteiger partial charge is 0.0593 e. The highest BCUT2D eigenvalue weighted by Crippen LogP contribution is 2.35. The molecule has 1 aliphatic heterocycles. The molecule has 20 heavy (non-hydrogen) atoms. The highest BCUT2D eigenvalue weighted by Gasteiger charge is 2.44.